The van der Waals surface area contributed by atoms with E-state index in [0.29, 0.717) is 5.41 Å². The van der Waals surface area contributed by atoms with E-state index in [1.54, 1.807) is 0 Å². The van der Waals surface area contributed by atoms with Crippen LogP contribution in [0.15, 0.2) is 0 Å². The van der Waals surface area contributed by atoms with Gasteiger partial charge in [-0.15, -0.1) is 0 Å². The Morgan fingerprint density at radius 3 is 2.70 bits per heavy atom. The summed E-state index contributed by atoms with van der Waals surface area (Å²) in [5.41, 5.74) is 0.418. The predicted molar refractivity (Wildman–Crippen MR) is 85.1 cm³/mol. The standard InChI is InChI=1S/C17H34N2O/c1-4-9-17(2,13-18-16-7-8-16)14-19(3)11-15-6-5-10-20-12-15/h15-16,18H,4-14H2,1-3H3. The SMILES string of the molecule is CCCC(C)(CNC1CC1)CN(C)CC1CCCOC1. The zero-order valence-corrected chi connectivity index (χ0v) is 13.8. The molecule has 2 unspecified atom stereocenters. The maximum absolute atomic E-state index is 5.61. The number of nitrogens with one attached hydrogen (secondary N) is 1. The molecule has 20 heavy (non-hydrogen) atoms. The van der Waals surface area contributed by atoms with E-state index < -0.39 is 0 Å². The van der Waals surface area contributed by atoms with Crippen molar-refractivity contribution in [1.29, 1.82) is 0 Å². The fourth-order valence-corrected chi connectivity index (χ4v) is 3.61. The molecule has 1 N–H and O–H groups in total. The van der Waals surface area contributed by atoms with E-state index in [9.17, 15) is 0 Å². The molecule has 1 aliphatic heterocycles. The van der Waals surface area contributed by atoms with E-state index in [1.807, 2.05) is 0 Å². The Morgan fingerprint density at radius 1 is 1.30 bits per heavy atom. The van der Waals surface area contributed by atoms with Crippen molar-refractivity contribution in [2.75, 3.05) is 39.9 Å². The van der Waals surface area contributed by atoms with Gasteiger partial charge < -0.3 is 15.0 Å². The third-order valence-corrected chi connectivity index (χ3v) is 4.72. The Kier molecular flexibility index (Phi) is 6.31. The summed E-state index contributed by atoms with van der Waals surface area (Å²) in [5.74, 6) is 0.746. The highest BCUT2D eigenvalue weighted by molar-refractivity contribution is 4.87. The minimum Gasteiger partial charge on any atom is -0.381 e. The van der Waals surface area contributed by atoms with Crippen LogP contribution >= 0.6 is 0 Å². The van der Waals surface area contributed by atoms with E-state index in [2.05, 4.69) is 31.1 Å². The second kappa shape index (κ2) is 7.77. The molecule has 1 saturated heterocycles. The van der Waals surface area contributed by atoms with Gasteiger partial charge >= 0.3 is 0 Å². The minimum absolute atomic E-state index is 0.418. The molecule has 0 radical (unpaired) electrons. The van der Waals surface area contributed by atoms with Crippen LogP contribution in [0.1, 0.15) is 52.4 Å². The largest absolute Gasteiger partial charge is 0.381 e. The molecule has 1 saturated carbocycles. The minimum atomic E-state index is 0.418. The zero-order chi connectivity index (χ0) is 14.4. The predicted octanol–water partition coefficient (Wildman–Crippen LogP) is 2.90. The van der Waals surface area contributed by atoms with Crippen LogP contribution in [-0.4, -0.2) is 50.8 Å². The molecule has 1 heterocycles. The van der Waals surface area contributed by atoms with Crippen LogP contribution in [0.4, 0.5) is 0 Å². The first-order valence-corrected chi connectivity index (χ1v) is 8.61. The topological polar surface area (TPSA) is 24.5 Å². The van der Waals surface area contributed by atoms with Gasteiger partial charge in [0.1, 0.15) is 0 Å². The fourth-order valence-electron chi connectivity index (χ4n) is 3.61. The molecule has 3 heteroatoms. The average molecular weight is 282 g/mol. The molecule has 118 valence electrons. The van der Waals surface area contributed by atoms with E-state index in [0.717, 1.165) is 25.2 Å². The van der Waals surface area contributed by atoms with Gasteiger partial charge in [-0.2, -0.15) is 0 Å². The molecule has 2 aliphatic rings. The first-order chi connectivity index (χ1) is 9.61. The summed E-state index contributed by atoms with van der Waals surface area (Å²) < 4.78 is 5.61. The third kappa shape index (κ3) is 5.71. The molecule has 2 fully saturated rings. The van der Waals surface area contributed by atoms with Crippen LogP contribution in [0, 0.1) is 11.3 Å². The van der Waals surface area contributed by atoms with E-state index >= 15 is 0 Å². The average Bonchev–Trinajstić information content (AvgIpc) is 3.22. The van der Waals surface area contributed by atoms with Crippen LogP contribution in [0.25, 0.3) is 0 Å². The number of rotatable bonds is 9. The number of ether oxygens (including phenoxy) is 1. The Morgan fingerprint density at radius 2 is 2.10 bits per heavy atom. The van der Waals surface area contributed by atoms with Gasteiger partial charge in [0.05, 0.1) is 6.61 Å². The molecule has 0 bridgehead atoms. The lowest BCUT2D eigenvalue weighted by atomic mass is 9.84. The molecular weight excluding hydrogens is 248 g/mol. The van der Waals surface area contributed by atoms with E-state index in [4.69, 9.17) is 4.74 Å². The summed E-state index contributed by atoms with van der Waals surface area (Å²) in [5, 5.41) is 3.74. The van der Waals surface area contributed by atoms with Crippen molar-refractivity contribution in [3.05, 3.63) is 0 Å². The number of nitrogens with zero attached hydrogens (tertiary/aromatic N) is 1. The van der Waals surface area contributed by atoms with Crippen LogP contribution < -0.4 is 5.32 Å². The van der Waals surface area contributed by atoms with Gasteiger partial charge in [-0.3, -0.25) is 0 Å². The van der Waals surface area contributed by atoms with E-state index in [-0.39, 0.29) is 0 Å². The quantitative estimate of drug-likeness (QED) is 0.704. The third-order valence-electron chi connectivity index (χ3n) is 4.72. The van der Waals surface area contributed by atoms with Crippen molar-refractivity contribution in [3.8, 4) is 0 Å². The Labute approximate surface area is 125 Å². The van der Waals surface area contributed by atoms with E-state index in [1.165, 1.54) is 58.2 Å². The Balaban J connectivity index is 1.75. The lowest BCUT2D eigenvalue weighted by Gasteiger charge is -2.36. The molecule has 0 amide bonds. The maximum Gasteiger partial charge on any atom is 0.0506 e. The highest BCUT2D eigenvalue weighted by Gasteiger charge is 2.29. The molecule has 0 aromatic heterocycles. The van der Waals surface area contributed by atoms with Crippen molar-refractivity contribution >= 4 is 0 Å². The summed E-state index contributed by atoms with van der Waals surface area (Å²) in [4.78, 5) is 2.55. The second-order valence-corrected chi connectivity index (χ2v) is 7.50. The zero-order valence-electron chi connectivity index (χ0n) is 13.8. The first kappa shape index (κ1) is 16.3. The summed E-state index contributed by atoms with van der Waals surface area (Å²) in [6.07, 6.45) is 7.96. The van der Waals surface area contributed by atoms with Crippen LogP contribution in [0.5, 0.6) is 0 Å². The van der Waals surface area contributed by atoms with Gasteiger partial charge in [0, 0.05) is 32.3 Å². The second-order valence-electron chi connectivity index (χ2n) is 7.50. The summed E-state index contributed by atoms with van der Waals surface area (Å²) in [6.45, 7) is 10.3. The summed E-state index contributed by atoms with van der Waals surface area (Å²) in [6, 6.07) is 0.822. The normalized spacial score (nSPS) is 26.7. The maximum atomic E-state index is 5.61. The summed E-state index contributed by atoms with van der Waals surface area (Å²) >= 11 is 0. The summed E-state index contributed by atoms with van der Waals surface area (Å²) in [7, 11) is 2.29. The monoisotopic (exact) mass is 282 g/mol. The molecule has 3 nitrogen and oxygen atoms in total. The van der Waals surface area contributed by atoms with Crippen LogP contribution in [-0.2, 0) is 4.74 Å². The molecule has 0 aromatic carbocycles. The smallest absolute Gasteiger partial charge is 0.0506 e. The highest BCUT2D eigenvalue weighted by atomic mass is 16.5. The first-order valence-electron chi connectivity index (χ1n) is 8.61. The molecule has 2 rings (SSSR count). The lowest BCUT2D eigenvalue weighted by molar-refractivity contribution is 0.0357. The molecule has 0 aromatic rings. The molecule has 2 atom stereocenters. The number of hydrogen-bond acceptors (Lipinski definition) is 3. The van der Waals surface area contributed by atoms with Crippen molar-refractivity contribution < 1.29 is 4.74 Å². The number of hydrogen-bond donors (Lipinski definition) is 1. The van der Waals surface area contributed by atoms with Gasteiger partial charge in [0.2, 0.25) is 0 Å². The van der Waals surface area contributed by atoms with Crippen molar-refractivity contribution in [3.63, 3.8) is 0 Å². The van der Waals surface area contributed by atoms with Gasteiger partial charge in [-0.1, -0.05) is 20.3 Å². The van der Waals surface area contributed by atoms with Crippen molar-refractivity contribution in [2.24, 2.45) is 11.3 Å². The lowest BCUT2D eigenvalue weighted by Crippen LogP contribution is -2.43. The highest BCUT2D eigenvalue weighted by Crippen LogP contribution is 2.27. The molecule has 1 aliphatic carbocycles. The fraction of sp³-hybridized carbons (Fsp3) is 1.00. The Bertz CT molecular complexity index is 274. The van der Waals surface area contributed by atoms with Crippen LogP contribution in [0.2, 0.25) is 0 Å². The van der Waals surface area contributed by atoms with Crippen molar-refractivity contribution in [1.82, 2.24) is 10.2 Å². The van der Waals surface area contributed by atoms with Crippen molar-refractivity contribution in [2.45, 2.75) is 58.4 Å². The van der Waals surface area contributed by atoms with Gasteiger partial charge in [0.25, 0.3) is 0 Å². The molecular formula is C17H34N2O. The van der Waals surface area contributed by atoms with Gasteiger partial charge in [-0.25, -0.2) is 0 Å². The van der Waals surface area contributed by atoms with Crippen LogP contribution in [0.3, 0.4) is 0 Å². The Hall–Kier alpha value is -0.120. The molecule has 0 spiro atoms. The van der Waals surface area contributed by atoms with Gasteiger partial charge in [0.15, 0.2) is 0 Å². The van der Waals surface area contributed by atoms with Gasteiger partial charge in [-0.05, 0) is 50.5 Å².